The molecule has 11 heteroatoms. The van der Waals surface area contributed by atoms with Crippen LogP contribution in [0, 0.1) is 34.1 Å². The van der Waals surface area contributed by atoms with E-state index in [1.54, 1.807) is 27.0 Å². The van der Waals surface area contributed by atoms with Crippen molar-refractivity contribution in [2.24, 2.45) is 0 Å². The number of nitro benzene ring substituents is 2. The fraction of sp³-hybridized carbons (Fsp3) is 0.294. The smallest absolute Gasteiger partial charge is 0.274 e. The van der Waals surface area contributed by atoms with Crippen molar-refractivity contribution in [1.82, 2.24) is 0 Å². The standard InChI is InChI=1S/C10H12ClNO4.C7H5Cl2NO2/c1-7-5-10(16-4-3-15-2)8(11)6-9(7)12(13)14;1-4-2-5(8)6(9)3-7(4)10(11)12/h5-6H,3-4H2,1-2H3;2-3H,1H3. The number of nitrogens with zero attached hydrogens (tertiary/aromatic N) is 2. The number of nitro groups is 2. The highest BCUT2D eigenvalue weighted by molar-refractivity contribution is 6.42. The molecule has 0 radical (unpaired) electrons. The molecule has 152 valence electrons. The average Bonchev–Trinajstić information content (AvgIpc) is 2.61. The number of hydrogen-bond acceptors (Lipinski definition) is 6. The molecule has 0 bridgehead atoms. The summed E-state index contributed by atoms with van der Waals surface area (Å²) in [6, 6.07) is 5.57. The van der Waals surface area contributed by atoms with Crippen LogP contribution in [0.5, 0.6) is 5.75 Å². The van der Waals surface area contributed by atoms with Crippen LogP contribution in [0.15, 0.2) is 24.3 Å². The molecule has 2 aromatic rings. The van der Waals surface area contributed by atoms with Crippen LogP contribution in [0.1, 0.15) is 11.1 Å². The molecule has 0 spiro atoms. The Morgan fingerprint density at radius 3 is 1.79 bits per heavy atom. The van der Waals surface area contributed by atoms with E-state index in [1.165, 1.54) is 18.2 Å². The van der Waals surface area contributed by atoms with Crippen LogP contribution in [0.4, 0.5) is 11.4 Å². The molecule has 8 nitrogen and oxygen atoms in total. The Bertz CT molecular complexity index is 876. The van der Waals surface area contributed by atoms with Gasteiger partial charge in [0, 0.05) is 30.4 Å². The Morgan fingerprint density at radius 2 is 1.29 bits per heavy atom. The second-order valence-corrected chi connectivity index (χ2v) is 6.70. The van der Waals surface area contributed by atoms with E-state index in [9.17, 15) is 20.2 Å². The number of rotatable bonds is 6. The highest BCUT2D eigenvalue weighted by atomic mass is 35.5. The van der Waals surface area contributed by atoms with Crippen molar-refractivity contribution in [2.45, 2.75) is 13.8 Å². The summed E-state index contributed by atoms with van der Waals surface area (Å²) in [5.74, 6) is 0.432. The predicted molar refractivity (Wildman–Crippen MR) is 108 cm³/mol. The minimum atomic E-state index is -0.489. The predicted octanol–water partition coefficient (Wildman–Crippen LogP) is 5.79. The van der Waals surface area contributed by atoms with Crippen LogP contribution >= 0.6 is 34.8 Å². The first kappa shape index (κ1) is 23.9. The molecular weight excluding hydrogens is 435 g/mol. The summed E-state index contributed by atoms with van der Waals surface area (Å²) in [7, 11) is 1.56. The van der Waals surface area contributed by atoms with Crippen LogP contribution in [0.2, 0.25) is 15.1 Å². The SMILES string of the molecule is COCCOc1cc(C)c([N+](=O)[O-])cc1Cl.Cc1cc(Cl)c(Cl)cc1[N+](=O)[O-]. The molecule has 0 fully saturated rings. The zero-order valence-corrected chi connectivity index (χ0v) is 17.5. The van der Waals surface area contributed by atoms with Gasteiger partial charge in [-0.05, 0) is 26.0 Å². The molecule has 0 saturated carbocycles. The van der Waals surface area contributed by atoms with Gasteiger partial charge in [-0.15, -0.1) is 0 Å². The molecule has 2 rings (SSSR count). The topological polar surface area (TPSA) is 105 Å². The van der Waals surface area contributed by atoms with E-state index in [0.29, 0.717) is 35.1 Å². The van der Waals surface area contributed by atoms with E-state index >= 15 is 0 Å². The third-order valence-electron chi connectivity index (χ3n) is 3.43. The molecule has 2 aromatic carbocycles. The molecule has 0 heterocycles. The Balaban J connectivity index is 0.000000292. The van der Waals surface area contributed by atoms with Gasteiger partial charge in [-0.1, -0.05) is 34.8 Å². The van der Waals surface area contributed by atoms with Gasteiger partial charge in [-0.3, -0.25) is 20.2 Å². The zero-order valence-electron chi connectivity index (χ0n) is 15.2. The first-order chi connectivity index (χ1) is 13.1. The highest BCUT2D eigenvalue weighted by Crippen LogP contribution is 2.32. The molecule has 0 aliphatic carbocycles. The van der Waals surface area contributed by atoms with Gasteiger partial charge >= 0.3 is 0 Å². The van der Waals surface area contributed by atoms with Crippen LogP contribution in [-0.4, -0.2) is 30.2 Å². The van der Waals surface area contributed by atoms with Crippen LogP contribution < -0.4 is 4.74 Å². The maximum atomic E-state index is 10.6. The monoisotopic (exact) mass is 450 g/mol. The molecule has 0 aliphatic rings. The third-order valence-corrected chi connectivity index (χ3v) is 4.45. The number of halogens is 3. The van der Waals surface area contributed by atoms with Crippen LogP contribution in [0.3, 0.4) is 0 Å². The van der Waals surface area contributed by atoms with Crippen molar-refractivity contribution in [3.8, 4) is 5.75 Å². The number of ether oxygens (including phenoxy) is 2. The van der Waals surface area contributed by atoms with Gasteiger partial charge in [0.05, 0.1) is 31.5 Å². The highest BCUT2D eigenvalue weighted by Gasteiger charge is 2.15. The van der Waals surface area contributed by atoms with Crippen molar-refractivity contribution in [2.75, 3.05) is 20.3 Å². The summed E-state index contributed by atoms with van der Waals surface area (Å²) in [5.41, 5.74) is 1.00. The first-order valence-electron chi connectivity index (χ1n) is 7.74. The van der Waals surface area contributed by atoms with E-state index in [4.69, 9.17) is 44.3 Å². The maximum absolute atomic E-state index is 10.6. The fourth-order valence-corrected chi connectivity index (χ4v) is 2.61. The van der Waals surface area contributed by atoms with Gasteiger partial charge in [0.15, 0.2) is 0 Å². The van der Waals surface area contributed by atoms with E-state index < -0.39 is 9.85 Å². The molecule has 0 aliphatic heterocycles. The molecule has 0 saturated heterocycles. The van der Waals surface area contributed by atoms with Crippen molar-refractivity contribution < 1.29 is 19.3 Å². The first-order valence-corrected chi connectivity index (χ1v) is 8.88. The van der Waals surface area contributed by atoms with Gasteiger partial charge in [-0.2, -0.15) is 0 Å². The normalized spacial score (nSPS) is 10.1. The molecule has 0 atom stereocenters. The van der Waals surface area contributed by atoms with Crippen LogP contribution in [0.25, 0.3) is 0 Å². The second kappa shape index (κ2) is 11.0. The molecule has 28 heavy (non-hydrogen) atoms. The van der Waals surface area contributed by atoms with Gasteiger partial charge in [0.2, 0.25) is 0 Å². The minimum absolute atomic E-state index is 0.00981. The quantitative estimate of drug-likeness (QED) is 0.312. The summed E-state index contributed by atoms with van der Waals surface area (Å²) in [4.78, 5) is 20.1. The van der Waals surface area contributed by atoms with Crippen LogP contribution in [-0.2, 0) is 4.74 Å². The Hall–Kier alpha value is -2.13. The summed E-state index contributed by atoms with van der Waals surface area (Å²) < 4.78 is 10.1. The molecule has 0 aromatic heterocycles. The van der Waals surface area contributed by atoms with Gasteiger partial charge in [0.25, 0.3) is 11.4 Å². The summed E-state index contributed by atoms with van der Waals surface area (Å²) in [6.07, 6.45) is 0. The number of hydrogen-bond donors (Lipinski definition) is 0. The Kier molecular flexibility index (Phi) is 9.40. The average molecular weight is 452 g/mol. The third kappa shape index (κ3) is 6.79. The van der Waals surface area contributed by atoms with Gasteiger partial charge in [0.1, 0.15) is 12.4 Å². The summed E-state index contributed by atoms with van der Waals surface area (Å²) >= 11 is 17.1. The summed E-state index contributed by atoms with van der Waals surface area (Å²) in [5, 5.41) is 21.8. The van der Waals surface area contributed by atoms with Crippen molar-refractivity contribution in [1.29, 1.82) is 0 Å². The lowest BCUT2D eigenvalue weighted by Crippen LogP contribution is -2.05. The van der Waals surface area contributed by atoms with E-state index in [-0.39, 0.29) is 21.4 Å². The lowest BCUT2D eigenvalue weighted by Gasteiger charge is -2.08. The lowest BCUT2D eigenvalue weighted by molar-refractivity contribution is -0.385. The second-order valence-electron chi connectivity index (χ2n) is 5.48. The largest absolute Gasteiger partial charge is 0.490 e. The van der Waals surface area contributed by atoms with Crippen molar-refractivity contribution in [3.63, 3.8) is 0 Å². The van der Waals surface area contributed by atoms with E-state index in [2.05, 4.69) is 0 Å². The van der Waals surface area contributed by atoms with E-state index in [1.807, 2.05) is 0 Å². The van der Waals surface area contributed by atoms with Gasteiger partial charge < -0.3 is 9.47 Å². The lowest BCUT2D eigenvalue weighted by atomic mass is 10.2. The molecule has 0 amide bonds. The maximum Gasteiger partial charge on any atom is 0.274 e. The number of benzene rings is 2. The molecule has 0 unspecified atom stereocenters. The zero-order chi connectivity index (χ0) is 21.4. The fourth-order valence-electron chi connectivity index (χ4n) is 2.02. The Labute approximate surface area is 176 Å². The van der Waals surface area contributed by atoms with E-state index in [0.717, 1.165) is 0 Å². The Morgan fingerprint density at radius 1 is 0.821 bits per heavy atom. The number of methoxy groups -OCH3 is 1. The van der Waals surface area contributed by atoms with Crippen molar-refractivity contribution >= 4 is 46.2 Å². The van der Waals surface area contributed by atoms with Crippen molar-refractivity contribution in [3.05, 3.63) is 70.7 Å². The molecular formula is C17H17Cl3N2O6. The van der Waals surface area contributed by atoms with Gasteiger partial charge in [-0.25, -0.2) is 0 Å². The minimum Gasteiger partial charge on any atom is -0.490 e. The number of aryl methyl sites for hydroxylation is 2. The molecule has 0 N–H and O–H groups in total. The summed E-state index contributed by atoms with van der Waals surface area (Å²) in [6.45, 7) is 4.04.